The first-order chi connectivity index (χ1) is 15.4. The van der Waals surface area contributed by atoms with Crippen molar-refractivity contribution in [1.29, 1.82) is 0 Å². The number of amides is 3. The molecule has 168 valence electrons. The smallest absolute Gasteiger partial charge is 0.313 e. The number of benzene rings is 1. The van der Waals surface area contributed by atoms with E-state index in [2.05, 4.69) is 15.6 Å². The Hall–Kier alpha value is -3.47. The van der Waals surface area contributed by atoms with Crippen LogP contribution in [0.3, 0.4) is 0 Å². The summed E-state index contributed by atoms with van der Waals surface area (Å²) in [5, 5.41) is 16.6. The summed E-state index contributed by atoms with van der Waals surface area (Å²) in [5.41, 5.74) is 0.256. The van der Waals surface area contributed by atoms with Crippen molar-refractivity contribution in [3.63, 3.8) is 0 Å². The highest BCUT2D eigenvalue weighted by Gasteiger charge is 2.26. The van der Waals surface area contributed by atoms with E-state index in [1.54, 1.807) is 23.2 Å². The molecular weight excluding hydrogens is 434 g/mol. The van der Waals surface area contributed by atoms with Crippen molar-refractivity contribution >= 4 is 40.9 Å². The van der Waals surface area contributed by atoms with Gasteiger partial charge in [-0.2, -0.15) is 0 Å². The minimum atomic E-state index is -0.965. The SMILES string of the molecule is CSc1ncccc1C(=O)N1CCC(CNC(=O)C(=O)Nc2ccccc2[N+](=O)[O-])CC1. The van der Waals surface area contributed by atoms with Crippen LogP contribution in [0.5, 0.6) is 0 Å². The number of para-hydroxylation sites is 2. The third-order valence-corrected chi connectivity index (χ3v) is 5.92. The average Bonchev–Trinajstić information content (AvgIpc) is 2.82. The molecule has 0 unspecified atom stereocenters. The lowest BCUT2D eigenvalue weighted by Crippen LogP contribution is -2.43. The van der Waals surface area contributed by atoms with Crippen LogP contribution in [0.2, 0.25) is 0 Å². The van der Waals surface area contributed by atoms with Gasteiger partial charge in [0, 0.05) is 31.9 Å². The summed E-state index contributed by atoms with van der Waals surface area (Å²) in [6.45, 7) is 1.38. The second-order valence-electron chi connectivity index (χ2n) is 7.23. The van der Waals surface area contributed by atoms with Gasteiger partial charge in [0.15, 0.2) is 0 Å². The molecule has 11 heteroatoms. The number of carbonyl (C=O) groups is 3. The number of nitro groups is 1. The Balaban J connectivity index is 1.47. The fourth-order valence-corrected chi connectivity index (χ4v) is 4.00. The number of aromatic nitrogens is 1. The van der Waals surface area contributed by atoms with Crippen molar-refractivity contribution in [2.24, 2.45) is 5.92 Å². The topological polar surface area (TPSA) is 135 Å². The molecule has 1 saturated heterocycles. The molecule has 3 rings (SSSR count). The van der Waals surface area contributed by atoms with Gasteiger partial charge in [-0.15, -0.1) is 11.8 Å². The second kappa shape index (κ2) is 10.7. The van der Waals surface area contributed by atoms with Crippen LogP contribution < -0.4 is 10.6 Å². The Kier molecular flexibility index (Phi) is 7.77. The first kappa shape index (κ1) is 23.2. The zero-order valence-corrected chi connectivity index (χ0v) is 18.3. The van der Waals surface area contributed by atoms with Crippen LogP contribution in [0.15, 0.2) is 47.6 Å². The number of anilines is 1. The maximum atomic E-state index is 12.8. The first-order valence-electron chi connectivity index (χ1n) is 10.0. The molecule has 2 heterocycles. The second-order valence-corrected chi connectivity index (χ2v) is 8.03. The molecule has 1 aromatic carbocycles. The number of rotatable bonds is 6. The van der Waals surface area contributed by atoms with Gasteiger partial charge >= 0.3 is 11.8 Å². The van der Waals surface area contributed by atoms with Crippen molar-refractivity contribution in [3.8, 4) is 0 Å². The van der Waals surface area contributed by atoms with E-state index in [4.69, 9.17) is 0 Å². The average molecular weight is 458 g/mol. The minimum Gasteiger partial charge on any atom is -0.348 e. The Morgan fingerprint density at radius 2 is 1.88 bits per heavy atom. The molecule has 0 atom stereocenters. The fraction of sp³-hybridized carbons (Fsp3) is 0.333. The van der Waals surface area contributed by atoms with Gasteiger partial charge in [-0.25, -0.2) is 4.98 Å². The van der Waals surface area contributed by atoms with Crippen LogP contribution in [0, 0.1) is 16.0 Å². The zero-order chi connectivity index (χ0) is 23.1. The molecule has 3 amide bonds. The zero-order valence-electron chi connectivity index (χ0n) is 17.4. The van der Waals surface area contributed by atoms with Gasteiger partial charge in [-0.1, -0.05) is 12.1 Å². The van der Waals surface area contributed by atoms with E-state index in [0.29, 0.717) is 36.5 Å². The summed E-state index contributed by atoms with van der Waals surface area (Å²) >= 11 is 1.42. The van der Waals surface area contributed by atoms with Crippen molar-refractivity contribution in [1.82, 2.24) is 15.2 Å². The van der Waals surface area contributed by atoms with Gasteiger partial charge in [0.1, 0.15) is 10.7 Å². The maximum Gasteiger partial charge on any atom is 0.313 e. The van der Waals surface area contributed by atoms with Crippen LogP contribution in [-0.4, -0.2) is 58.4 Å². The number of carbonyl (C=O) groups excluding carboxylic acids is 3. The van der Waals surface area contributed by atoms with Crippen LogP contribution in [-0.2, 0) is 9.59 Å². The van der Waals surface area contributed by atoms with Gasteiger partial charge in [-0.3, -0.25) is 24.5 Å². The quantitative estimate of drug-likeness (QED) is 0.294. The highest BCUT2D eigenvalue weighted by molar-refractivity contribution is 7.98. The molecule has 10 nitrogen and oxygen atoms in total. The molecule has 0 saturated carbocycles. The highest BCUT2D eigenvalue weighted by Crippen LogP contribution is 2.24. The molecule has 1 fully saturated rings. The molecule has 0 radical (unpaired) electrons. The fourth-order valence-electron chi connectivity index (χ4n) is 3.46. The van der Waals surface area contributed by atoms with Gasteiger partial charge in [0.05, 0.1) is 10.5 Å². The summed E-state index contributed by atoms with van der Waals surface area (Å²) in [6, 6.07) is 9.12. The van der Waals surface area contributed by atoms with E-state index in [1.807, 2.05) is 6.26 Å². The molecule has 1 aromatic heterocycles. The third-order valence-electron chi connectivity index (χ3n) is 5.20. The molecule has 32 heavy (non-hydrogen) atoms. The number of nitrogens with zero attached hydrogens (tertiary/aromatic N) is 3. The molecule has 1 aliphatic heterocycles. The van der Waals surface area contributed by atoms with E-state index in [0.717, 1.165) is 0 Å². The van der Waals surface area contributed by atoms with E-state index < -0.39 is 16.7 Å². The van der Waals surface area contributed by atoms with Gasteiger partial charge in [0.25, 0.3) is 11.6 Å². The van der Waals surface area contributed by atoms with Crippen LogP contribution in [0.25, 0.3) is 0 Å². The largest absolute Gasteiger partial charge is 0.348 e. The third kappa shape index (κ3) is 5.61. The molecule has 2 N–H and O–H groups in total. The minimum absolute atomic E-state index is 0.0375. The molecule has 2 aromatic rings. The lowest BCUT2D eigenvalue weighted by Gasteiger charge is -2.32. The summed E-state index contributed by atoms with van der Waals surface area (Å²) in [7, 11) is 0. The highest BCUT2D eigenvalue weighted by atomic mass is 32.2. The van der Waals surface area contributed by atoms with Crippen molar-refractivity contribution < 1.29 is 19.3 Å². The van der Waals surface area contributed by atoms with Gasteiger partial charge in [0.2, 0.25) is 0 Å². The van der Waals surface area contributed by atoms with E-state index in [-0.39, 0.29) is 29.7 Å². The Morgan fingerprint density at radius 3 is 2.56 bits per heavy atom. The number of likely N-dealkylation sites (tertiary alicyclic amines) is 1. The van der Waals surface area contributed by atoms with Crippen LogP contribution in [0.4, 0.5) is 11.4 Å². The lowest BCUT2D eigenvalue weighted by molar-refractivity contribution is -0.383. The number of nitro benzene ring substituents is 1. The normalized spacial score (nSPS) is 14.0. The number of nitrogens with one attached hydrogen (secondary N) is 2. The number of pyridine rings is 1. The number of hydrogen-bond acceptors (Lipinski definition) is 7. The first-order valence-corrected chi connectivity index (χ1v) is 11.2. The lowest BCUT2D eigenvalue weighted by atomic mass is 9.96. The predicted molar refractivity (Wildman–Crippen MR) is 119 cm³/mol. The monoisotopic (exact) mass is 457 g/mol. The Bertz CT molecular complexity index is 1020. The number of hydrogen-bond donors (Lipinski definition) is 2. The Morgan fingerprint density at radius 1 is 1.16 bits per heavy atom. The van der Waals surface area contributed by atoms with Gasteiger partial charge in [-0.05, 0) is 43.2 Å². The molecule has 0 bridgehead atoms. The van der Waals surface area contributed by atoms with Crippen LogP contribution >= 0.6 is 11.8 Å². The molecular formula is C21H23N5O5S. The Labute approximate surface area is 188 Å². The summed E-state index contributed by atoms with van der Waals surface area (Å²) in [6.07, 6.45) is 4.91. The predicted octanol–water partition coefficient (Wildman–Crippen LogP) is 2.32. The number of thioether (sulfide) groups is 1. The molecule has 0 spiro atoms. The van der Waals surface area contributed by atoms with Crippen LogP contribution in [0.1, 0.15) is 23.2 Å². The van der Waals surface area contributed by atoms with E-state index in [9.17, 15) is 24.5 Å². The van der Waals surface area contributed by atoms with Crippen molar-refractivity contribution in [2.75, 3.05) is 31.2 Å². The summed E-state index contributed by atoms with van der Waals surface area (Å²) in [4.78, 5) is 53.4. The summed E-state index contributed by atoms with van der Waals surface area (Å²) in [5.74, 6) is -1.76. The maximum absolute atomic E-state index is 12.8. The standard InChI is InChI=1S/C21H23N5O5S/c1-32-20-15(5-4-10-22-20)21(29)25-11-8-14(9-12-25)13-23-18(27)19(28)24-16-6-2-3-7-17(16)26(30)31/h2-7,10,14H,8-9,11-13H2,1H3,(H,23,27)(H,24,28). The van der Waals surface area contributed by atoms with Crippen molar-refractivity contribution in [2.45, 2.75) is 17.9 Å². The number of piperidine rings is 1. The molecule has 0 aliphatic carbocycles. The van der Waals surface area contributed by atoms with Crippen molar-refractivity contribution in [3.05, 3.63) is 58.3 Å². The summed E-state index contributed by atoms with van der Waals surface area (Å²) < 4.78 is 0. The van der Waals surface area contributed by atoms with Gasteiger partial charge < -0.3 is 15.5 Å². The van der Waals surface area contributed by atoms with E-state index >= 15 is 0 Å². The van der Waals surface area contributed by atoms with E-state index in [1.165, 1.54) is 36.0 Å². The molecule has 1 aliphatic rings.